The second-order valence-electron chi connectivity index (χ2n) is 1.37. The number of hydrogen-bond donors (Lipinski definition) is 1. The van der Waals surface area contributed by atoms with Crippen LogP contribution in [0.1, 0.15) is 6.92 Å². The fraction of sp³-hybridized carbons (Fsp3) is 1.00. The van der Waals surface area contributed by atoms with Gasteiger partial charge in [-0.15, -0.1) is 0 Å². The van der Waals surface area contributed by atoms with Crippen LogP contribution in [0.4, 0.5) is 8.78 Å². The molecule has 0 saturated heterocycles. The molecule has 0 amide bonds. The highest BCUT2D eigenvalue weighted by Gasteiger charge is 2.18. The Morgan fingerprint density at radius 2 is 2.00 bits per heavy atom. The van der Waals surface area contributed by atoms with E-state index in [1.54, 1.807) is 0 Å². The Hall–Kier alpha value is -0.0300. The maximum absolute atomic E-state index is 11.4. The summed E-state index contributed by atoms with van der Waals surface area (Å²) in [6.07, 6.45) is -2.58. The molecule has 0 spiro atoms. The predicted octanol–water partition coefficient (Wildman–Crippen LogP) is 0.262. The van der Waals surface area contributed by atoms with E-state index in [4.69, 9.17) is 0 Å². The highest BCUT2D eigenvalue weighted by molar-refractivity contribution is 7.83. The largest absolute Gasteiger partial charge is 0.253 e. The van der Waals surface area contributed by atoms with Gasteiger partial charge in [-0.3, -0.25) is 5.14 Å². The van der Waals surface area contributed by atoms with Crippen LogP contribution in [0.3, 0.4) is 0 Å². The van der Waals surface area contributed by atoms with Crippen LogP contribution in [-0.2, 0) is 11.0 Å². The third kappa shape index (κ3) is 2.32. The second kappa shape index (κ2) is 3.09. The Balaban J connectivity index is 3.64. The summed E-state index contributed by atoms with van der Waals surface area (Å²) < 4.78 is 32.8. The molecule has 0 bridgehead atoms. The molecule has 0 fully saturated rings. The lowest BCUT2D eigenvalue weighted by atomic mass is 10.5. The van der Waals surface area contributed by atoms with Crippen LogP contribution in [0.2, 0.25) is 0 Å². The van der Waals surface area contributed by atoms with E-state index in [9.17, 15) is 13.0 Å². The molecule has 0 aliphatic rings. The monoisotopic (exact) mass is 143 g/mol. The molecule has 2 N–H and O–H groups in total. The number of hydrogen-bond acceptors (Lipinski definition) is 1. The third-order valence-corrected chi connectivity index (χ3v) is 1.66. The first-order valence-corrected chi connectivity index (χ1v) is 3.26. The molecule has 0 aromatic carbocycles. The van der Waals surface area contributed by atoms with Crippen molar-refractivity contribution in [3.63, 3.8) is 0 Å². The SMILES string of the molecule is CC(C(F)F)S(N)=O. The van der Waals surface area contributed by atoms with E-state index in [2.05, 4.69) is 5.14 Å². The van der Waals surface area contributed by atoms with E-state index < -0.39 is 22.7 Å². The molecule has 0 aromatic heterocycles. The zero-order chi connectivity index (χ0) is 6.73. The molecule has 50 valence electrons. The molecule has 0 rings (SSSR count). The van der Waals surface area contributed by atoms with Crippen LogP contribution in [-0.4, -0.2) is 15.9 Å². The van der Waals surface area contributed by atoms with Crippen molar-refractivity contribution < 1.29 is 13.0 Å². The smallest absolute Gasteiger partial charge is 0.251 e. The van der Waals surface area contributed by atoms with Crippen molar-refractivity contribution in [3.05, 3.63) is 0 Å². The molecule has 2 unspecified atom stereocenters. The standard InChI is InChI=1S/C3H7F2NOS/c1-2(3(4)5)8(6)7/h2-3H,6H2,1H3. The van der Waals surface area contributed by atoms with Crippen molar-refractivity contribution in [2.45, 2.75) is 18.6 Å². The zero-order valence-corrected chi connectivity index (χ0v) is 5.12. The molecule has 0 aliphatic carbocycles. The number of halogens is 2. The summed E-state index contributed by atoms with van der Waals surface area (Å²) in [5.41, 5.74) is 0. The molecule has 0 saturated carbocycles. The topological polar surface area (TPSA) is 43.1 Å². The van der Waals surface area contributed by atoms with E-state index in [0.717, 1.165) is 6.92 Å². The van der Waals surface area contributed by atoms with Gasteiger partial charge in [-0.25, -0.2) is 13.0 Å². The summed E-state index contributed by atoms with van der Waals surface area (Å²) in [5, 5.41) is 3.42. The summed E-state index contributed by atoms with van der Waals surface area (Å²) in [6.45, 7) is 1.14. The lowest BCUT2D eigenvalue weighted by molar-refractivity contribution is 0.148. The summed E-state index contributed by atoms with van der Waals surface area (Å²) in [4.78, 5) is 0. The van der Waals surface area contributed by atoms with Crippen molar-refractivity contribution in [3.8, 4) is 0 Å². The van der Waals surface area contributed by atoms with E-state index in [-0.39, 0.29) is 0 Å². The lowest BCUT2D eigenvalue weighted by Crippen LogP contribution is -2.25. The van der Waals surface area contributed by atoms with Crippen LogP contribution < -0.4 is 5.14 Å². The number of nitrogens with two attached hydrogens (primary N) is 1. The van der Waals surface area contributed by atoms with Crippen LogP contribution in [0.5, 0.6) is 0 Å². The van der Waals surface area contributed by atoms with Gasteiger partial charge in [0, 0.05) is 0 Å². The maximum atomic E-state index is 11.4. The Morgan fingerprint density at radius 1 is 1.62 bits per heavy atom. The summed E-state index contributed by atoms with van der Waals surface area (Å²) in [5.74, 6) is 0. The minimum Gasteiger partial charge on any atom is -0.251 e. The van der Waals surface area contributed by atoms with Crippen LogP contribution in [0.25, 0.3) is 0 Å². The highest BCUT2D eigenvalue weighted by Crippen LogP contribution is 2.03. The van der Waals surface area contributed by atoms with E-state index in [1.165, 1.54) is 0 Å². The van der Waals surface area contributed by atoms with Gasteiger partial charge in [0.2, 0.25) is 0 Å². The van der Waals surface area contributed by atoms with Crippen molar-refractivity contribution in [1.29, 1.82) is 0 Å². The van der Waals surface area contributed by atoms with Gasteiger partial charge in [0.15, 0.2) is 0 Å². The molecule has 5 heteroatoms. The van der Waals surface area contributed by atoms with Gasteiger partial charge >= 0.3 is 0 Å². The van der Waals surface area contributed by atoms with E-state index in [0.29, 0.717) is 0 Å². The number of rotatable bonds is 2. The molecule has 2 atom stereocenters. The van der Waals surface area contributed by atoms with Gasteiger partial charge in [-0.05, 0) is 6.92 Å². The summed E-state index contributed by atoms with van der Waals surface area (Å²) >= 11 is 0. The van der Waals surface area contributed by atoms with Crippen LogP contribution in [0.15, 0.2) is 0 Å². The Bertz CT molecular complexity index is 97.3. The maximum Gasteiger partial charge on any atom is 0.253 e. The molecule has 2 nitrogen and oxygen atoms in total. The van der Waals surface area contributed by atoms with Gasteiger partial charge in [-0.2, -0.15) is 0 Å². The van der Waals surface area contributed by atoms with E-state index in [1.807, 2.05) is 0 Å². The average molecular weight is 143 g/mol. The predicted molar refractivity (Wildman–Crippen MR) is 27.8 cm³/mol. The second-order valence-corrected chi connectivity index (χ2v) is 2.77. The minimum absolute atomic E-state index is 1.14. The number of alkyl halides is 2. The van der Waals surface area contributed by atoms with Crippen molar-refractivity contribution in [2.24, 2.45) is 5.14 Å². The molecular formula is C3H7F2NOS. The molecular weight excluding hydrogens is 136 g/mol. The first kappa shape index (κ1) is 7.97. The lowest BCUT2D eigenvalue weighted by Gasteiger charge is -2.03. The molecule has 8 heavy (non-hydrogen) atoms. The first-order chi connectivity index (χ1) is 3.55. The normalized spacial score (nSPS) is 18.6. The zero-order valence-electron chi connectivity index (χ0n) is 4.30. The molecule has 0 radical (unpaired) electrons. The Kier molecular flexibility index (Phi) is 3.08. The molecule has 0 aliphatic heterocycles. The Labute approximate surface area is 48.6 Å². The fourth-order valence-electron chi connectivity index (χ4n) is 0.101. The van der Waals surface area contributed by atoms with Crippen molar-refractivity contribution in [1.82, 2.24) is 0 Å². The van der Waals surface area contributed by atoms with Gasteiger partial charge in [0.05, 0.1) is 11.0 Å². The fourth-order valence-corrected chi connectivity index (χ4v) is 0.304. The third-order valence-electron chi connectivity index (χ3n) is 0.721. The molecule has 0 aromatic rings. The van der Waals surface area contributed by atoms with Crippen LogP contribution in [0, 0.1) is 0 Å². The quantitative estimate of drug-likeness (QED) is 0.592. The van der Waals surface area contributed by atoms with Crippen LogP contribution >= 0.6 is 0 Å². The van der Waals surface area contributed by atoms with Gasteiger partial charge in [0.25, 0.3) is 6.43 Å². The minimum atomic E-state index is -2.58. The van der Waals surface area contributed by atoms with E-state index >= 15 is 0 Å². The highest BCUT2D eigenvalue weighted by atomic mass is 32.2. The van der Waals surface area contributed by atoms with Crippen molar-refractivity contribution >= 4 is 11.0 Å². The van der Waals surface area contributed by atoms with Gasteiger partial charge in [0.1, 0.15) is 5.25 Å². The van der Waals surface area contributed by atoms with Gasteiger partial charge < -0.3 is 0 Å². The molecule has 0 heterocycles. The van der Waals surface area contributed by atoms with Gasteiger partial charge in [-0.1, -0.05) is 0 Å². The van der Waals surface area contributed by atoms with Crippen molar-refractivity contribution in [2.75, 3.05) is 0 Å². The first-order valence-electron chi connectivity index (χ1n) is 1.99. The average Bonchev–Trinajstić information content (AvgIpc) is 1.64. The summed E-state index contributed by atoms with van der Waals surface area (Å²) in [6, 6.07) is 0. The summed E-state index contributed by atoms with van der Waals surface area (Å²) in [7, 11) is -1.89. The Morgan fingerprint density at radius 3 is 2.00 bits per heavy atom.